The maximum atomic E-state index is 11.3. The highest BCUT2D eigenvalue weighted by atomic mass is 16.5. The van der Waals surface area contributed by atoms with Crippen LogP contribution in [-0.4, -0.2) is 12.1 Å². The van der Waals surface area contributed by atoms with Crippen molar-refractivity contribution in [3.63, 3.8) is 0 Å². The van der Waals surface area contributed by atoms with Gasteiger partial charge in [0.05, 0.1) is 6.07 Å². The first kappa shape index (κ1) is 16.9. The van der Waals surface area contributed by atoms with Gasteiger partial charge in [-0.25, -0.2) is 0 Å². The van der Waals surface area contributed by atoms with Crippen molar-refractivity contribution >= 4 is 5.97 Å². The van der Waals surface area contributed by atoms with E-state index in [0.29, 0.717) is 11.8 Å². The van der Waals surface area contributed by atoms with E-state index in [1.54, 1.807) is 0 Å². The second kappa shape index (κ2) is 5.73. The lowest BCUT2D eigenvalue weighted by Gasteiger charge is -2.57. The molecule has 0 aromatic rings. The minimum absolute atomic E-state index is 0.0700. The number of ether oxygens (including phenoxy) is 1. The fourth-order valence-electron chi connectivity index (χ4n) is 6.70. The number of hydrogen-bond acceptors (Lipinski definition) is 3. The van der Waals surface area contributed by atoms with Crippen molar-refractivity contribution in [2.24, 2.45) is 28.6 Å². The van der Waals surface area contributed by atoms with Gasteiger partial charge in [-0.3, -0.25) is 4.79 Å². The van der Waals surface area contributed by atoms with Crippen LogP contribution < -0.4 is 0 Å². The summed E-state index contributed by atoms with van der Waals surface area (Å²) in [6, 6.07) is 2.49. The number of hydrogen-bond donors (Lipinski definition) is 0. The molecule has 3 heteroatoms. The smallest absolute Gasteiger partial charge is 0.302 e. The summed E-state index contributed by atoms with van der Waals surface area (Å²) in [6.45, 7) is 6.30. The number of nitrogens with zero attached hydrogens (tertiary/aromatic N) is 1. The van der Waals surface area contributed by atoms with Gasteiger partial charge in [-0.15, -0.1) is 0 Å². The number of nitriles is 1. The number of allylic oxidation sites excluding steroid dienone is 3. The number of rotatable bonds is 1. The Morgan fingerprint density at radius 2 is 1.92 bits per heavy atom. The third-order valence-electron chi connectivity index (χ3n) is 8.09. The van der Waals surface area contributed by atoms with Gasteiger partial charge in [0.1, 0.15) is 6.10 Å². The zero-order valence-corrected chi connectivity index (χ0v) is 15.7. The number of esters is 1. The van der Waals surface area contributed by atoms with E-state index in [1.165, 1.54) is 18.9 Å². The monoisotopic (exact) mass is 339 g/mol. The lowest BCUT2D eigenvalue weighted by molar-refractivity contribution is -0.148. The number of fused-ring (bicyclic) bond motifs is 5. The molecule has 6 atom stereocenters. The highest BCUT2D eigenvalue weighted by molar-refractivity contribution is 5.66. The van der Waals surface area contributed by atoms with Gasteiger partial charge in [0, 0.05) is 24.3 Å². The fraction of sp³-hybridized carbons (Fsp3) is 0.727. The largest absolute Gasteiger partial charge is 0.462 e. The van der Waals surface area contributed by atoms with Crippen LogP contribution in [0.15, 0.2) is 23.3 Å². The Balaban J connectivity index is 1.59. The van der Waals surface area contributed by atoms with E-state index >= 15 is 0 Å². The predicted molar refractivity (Wildman–Crippen MR) is 96.3 cm³/mol. The van der Waals surface area contributed by atoms with Crippen molar-refractivity contribution in [1.82, 2.24) is 0 Å². The fourth-order valence-corrected chi connectivity index (χ4v) is 6.70. The van der Waals surface area contributed by atoms with Crippen LogP contribution in [0.4, 0.5) is 0 Å². The molecule has 4 aliphatic carbocycles. The van der Waals surface area contributed by atoms with Crippen LogP contribution in [0.5, 0.6) is 0 Å². The van der Waals surface area contributed by atoms with Crippen LogP contribution in [0.25, 0.3) is 0 Å². The average molecular weight is 339 g/mol. The van der Waals surface area contributed by atoms with E-state index in [0.717, 1.165) is 50.0 Å². The Kier molecular flexibility index (Phi) is 3.87. The standard InChI is InChI=1S/C22H29NO2/c1-14(24)25-17-8-10-21(2)15(12-17)4-6-18-19-7-5-16(13-23)22(19,3)11-9-20(18)21/h4-5,17-20H,6-12H2,1-3H3/t17-,18-,19-,20?,21-,22+/m0/s1. The summed E-state index contributed by atoms with van der Waals surface area (Å²) in [5, 5.41) is 9.53. The van der Waals surface area contributed by atoms with Gasteiger partial charge in [0.25, 0.3) is 0 Å². The molecule has 25 heavy (non-hydrogen) atoms. The molecule has 0 heterocycles. The molecule has 2 fully saturated rings. The third-order valence-corrected chi connectivity index (χ3v) is 8.09. The number of carbonyl (C=O) groups excluding carboxylic acids is 1. The van der Waals surface area contributed by atoms with Crippen molar-refractivity contribution in [3.8, 4) is 6.07 Å². The molecule has 0 N–H and O–H groups in total. The van der Waals surface area contributed by atoms with E-state index in [-0.39, 0.29) is 22.9 Å². The molecule has 0 bridgehead atoms. The zero-order valence-electron chi connectivity index (χ0n) is 15.7. The number of carbonyl (C=O) groups is 1. The molecular formula is C22H29NO2. The SMILES string of the molecule is CC(=O)O[C@H]1CC[C@@]2(C)C(=CC[C@@H]3C2CC[C@]2(C)C(C#N)=CC[C@@H]32)C1. The Labute approximate surface area is 151 Å². The van der Waals surface area contributed by atoms with Gasteiger partial charge in [0.15, 0.2) is 0 Å². The van der Waals surface area contributed by atoms with Crippen LogP contribution >= 0.6 is 0 Å². The molecule has 4 aliphatic rings. The molecule has 4 rings (SSSR count). The van der Waals surface area contributed by atoms with Crippen molar-refractivity contribution in [2.75, 3.05) is 0 Å². The summed E-state index contributed by atoms with van der Waals surface area (Å²) >= 11 is 0. The van der Waals surface area contributed by atoms with E-state index in [9.17, 15) is 10.1 Å². The van der Waals surface area contributed by atoms with Crippen molar-refractivity contribution in [1.29, 1.82) is 5.26 Å². The predicted octanol–water partition coefficient (Wildman–Crippen LogP) is 4.94. The van der Waals surface area contributed by atoms with Gasteiger partial charge in [-0.1, -0.05) is 31.6 Å². The molecule has 1 unspecified atom stereocenters. The zero-order chi connectivity index (χ0) is 17.8. The summed E-state index contributed by atoms with van der Waals surface area (Å²) in [5.41, 5.74) is 2.93. The molecule has 0 radical (unpaired) electrons. The first-order valence-corrected chi connectivity index (χ1v) is 9.86. The van der Waals surface area contributed by atoms with Crippen LogP contribution in [-0.2, 0) is 9.53 Å². The minimum atomic E-state index is -0.155. The van der Waals surface area contributed by atoms with Crippen molar-refractivity contribution < 1.29 is 9.53 Å². The molecule has 134 valence electrons. The highest BCUT2D eigenvalue weighted by Crippen LogP contribution is 2.64. The molecule has 2 saturated carbocycles. The van der Waals surface area contributed by atoms with E-state index < -0.39 is 0 Å². The highest BCUT2D eigenvalue weighted by Gasteiger charge is 2.56. The summed E-state index contributed by atoms with van der Waals surface area (Å²) in [6.07, 6.45) is 12.4. The molecular weight excluding hydrogens is 310 g/mol. The molecule has 0 saturated heterocycles. The summed E-state index contributed by atoms with van der Waals surface area (Å²) in [4.78, 5) is 11.3. The first-order chi connectivity index (χ1) is 11.9. The van der Waals surface area contributed by atoms with Crippen LogP contribution in [0.1, 0.15) is 65.7 Å². The lowest BCUT2D eigenvalue weighted by atomic mass is 9.47. The molecule has 0 amide bonds. The summed E-state index contributed by atoms with van der Waals surface area (Å²) < 4.78 is 5.51. The van der Waals surface area contributed by atoms with Gasteiger partial charge >= 0.3 is 5.97 Å². The molecule has 3 nitrogen and oxygen atoms in total. The first-order valence-electron chi connectivity index (χ1n) is 9.86. The Morgan fingerprint density at radius 1 is 1.16 bits per heavy atom. The summed E-state index contributed by atoms with van der Waals surface area (Å²) in [5.74, 6) is 1.88. The van der Waals surface area contributed by atoms with Gasteiger partial charge in [-0.2, -0.15) is 5.26 Å². The van der Waals surface area contributed by atoms with Gasteiger partial charge in [0.2, 0.25) is 0 Å². The minimum Gasteiger partial charge on any atom is -0.462 e. The van der Waals surface area contributed by atoms with Crippen LogP contribution in [0, 0.1) is 39.9 Å². The summed E-state index contributed by atoms with van der Waals surface area (Å²) in [7, 11) is 0. The second-order valence-electron chi connectivity index (χ2n) is 9.16. The van der Waals surface area contributed by atoms with Gasteiger partial charge < -0.3 is 4.74 Å². The Bertz CT molecular complexity index is 699. The maximum absolute atomic E-state index is 11.3. The Hall–Kier alpha value is -1.56. The van der Waals surface area contributed by atoms with Crippen LogP contribution in [0.2, 0.25) is 0 Å². The van der Waals surface area contributed by atoms with Crippen molar-refractivity contribution in [2.45, 2.75) is 71.8 Å². The van der Waals surface area contributed by atoms with Gasteiger partial charge in [-0.05, 0) is 61.7 Å². The molecule has 0 aromatic heterocycles. The van der Waals surface area contributed by atoms with Crippen molar-refractivity contribution in [3.05, 3.63) is 23.3 Å². The topological polar surface area (TPSA) is 50.1 Å². The molecule has 0 spiro atoms. The molecule has 0 aromatic carbocycles. The maximum Gasteiger partial charge on any atom is 0.302 e. The normalized spacial score (nSPS) is 45.2. The lowest BCUT2D eigenvalue weighted by Crippen LogP contribution is -2.50. The Morgan fingerprint density at radius 3 is 2.64 bits per heavy atom. The van der Waals surface area contributed by atoms with E-state index in [2.05, 4.69) is 32.1 Å². The molecule has 0 aliphatic heterocycles. The van der Waals surface area contributed by atoms with E-state index in [1.807, 2.05) is 0 Å². The van der Waals surface area contributed by atoms with Crippen LogP contribution in [0.3, 0.4) is 0 Å². The average Bonchev–Trinajstić information content (AvgIpc) is 2.91. The second-order valence-corrected chi connectivity index (χ2v) is 9.16. The quantitative estimate of drug-likeness (QED) is 0.502. The third kappa shape index (κ3) is 2.40. The van der Waals surface area contributed by atoms with E-state index in [4.69, 9.17) is 4.74 Å².